The second-order valence-corrected chi connectivity index (χ2v) is 8.87. The smallest absolute Gasteiger partial charge is 0.416 e. The van der Waals surface area contributed by atoms with Gasteiger partial charge in [0.25, 0.3) is 0 Å². The van der Waals surface area contributed by atoms with Gasteiger partial charge in [0, 0.05) is 45.7 Å². The number of amides is 1. The van der Waals surface area contributed by atoms with E-state index in [-0.39, 0.29) is 16.9 Å². The minimum Gasteiger partial charge on any atom is -0.501 e. The van der Waals surface area contributed by atoms with Crippen molar-refractivity contribution in [3.05, 3.63) is 114 Å². The van der Waals surface area contributed by atoms with Crippen molar-refractivity contribution in [1.82, 2.24) is 15.0 Å². The molecule has 0 atom stereocenters. The van der Waals surface area contributed by atoms with Crippen LogP contribution in [0.25, 0.3) is 27.7 Å². The predicted octanol–water partition coefficient (Wildman–Crippen LogP) is 7.38. The summed E-state index contributed by atoms with van der Waals surface area (Å²) in [5.74, 6) is -2.25. The minimum atomic E-state index is -4.63. The number of fused-ring (bicyclic) bond motifs is 1. The number of benzene rings is 1. The van der Waals surface area contributed by atoms with Gasteiger partial charge in [-0.2, -0.15) is 13.2 Å². The molecule has 6 nitrogen and oxygen atoms in total. The summed E-state index contributed by atoms with van der Waals surface area (Å²) in [6.45, 7) is 5.34. The fraction of sp³-hybridized carbons (Fsp3) is 0.133. The van der Waals surface area contributed by atoms with E-state index in [2.05, 4.69) is 32.6 Å². The summed E-state index contributed by atoms with van der Waals surface area (Å²) >= 11 is 0. The molecule has 3 heterocycles. The SMILES string of the molecule is C=C=C/C=C(\C=C(/C)OC)c1cc2cc(-c3cc(F)c(CC(=O)Nc4cc(C(F)(F)F)ccn4)cc3F)cnc2[nH]1. The number of carbonyl (C=O) groups is 1. The number of ether oxygens (including phenoxy) is 1. The number of anilines is 1. The number of pyridine rings is 2. The van der Waals surface area contributed by atoms with Gasteiger partial charge in [0.15, 0.2) is 0 Å². The van der Waals surface area contributed by atoms with E-state index in [1.807, 2.05) is 0 Å². The molecule has 0 aliphatic carbocycles. The number of alkyl halides is 3. The standard InChI is InChI=1S/C30H23F5N4O2/c1-4-5-6-18(9-17(2)41-3)26-12-20-10-21(16-37-29(20)38-26)23-15-24(31)19(11-25(23)32)13-28(40)39-27-14-22(7-8-36-27)30(33,34)35/h5-12,14-16H,1,13H2,2-3H3,(H,37,38)(H,36,39,40)/b17-9+,18-6+. The van der Waals surface area contributed by atoms with Crippen molar-refractivity contribution in [3.63, 3.8) is 0 Å². The maximum Gasteiger partial charge on any atom is 0.416 e. The van der Waals surface area contributed by atoms with Gasteiger partial charge in [-0.05, 0) is 61.5 Å². The molecule has 2 N–H and O–H groups in total. The summed E-state index contributed by atoms with van der Waals surface area (Å²) in [7, 11) is 1.55. The number of hydrogen-bond acceptors (Lipinski definition) is 4. The van der Waals surface area contributed by atoms with Crippen LogP contribution >= 0.6 is 0 Å². The molecule has 0 bridgehead atoms. The highest BCUT2D eigenvalue weighted by molar-refractivity contribution is 5.92. The first-order valence-corrected chi connectivity index (χ1v) is 12.1. The van der Waals surface area contributed by atoms with Crippen molar-refractivity contribution < 1.29 is 31.5 Å². The summed E-state index contributed by atoms with van der Waals surface area (Å²) in [5.41, 5.74) is 3.56. The third kappa shape index (κ3) is 6.95. The second-order valence-electron chi connectivity index (χ2n) is 8.87. The molecule has 0 fully saturated rings. The van der Waals surface area contributed by atoms with Gasteiger partial charge in [-0.15, -0.1) is 5.73 Å². The lowest BCUT2D eigenvalue weighted by Gasteiger charge is -2.10. The largest absolute Gasteiger partial charge is 0.501 e. The van der Waals surface area contributed by atoms with Crippen molar-refractivity contribution in [1.29, 1.82) is 0 Å². The maximum absolute atomic E-state index is 15.1. The molecular weight excluding hydrogens is 543 g/mol. The summed E-state index contributed by atoms with van der Waals surface area (Å²) in [4.78, 5) is 23.5. The fourth-order valence-corrected chi connectivity index (χ4v) is 3.94. The van der Waals surface area contributed by atoms with Crippen LogP contribution in [0.4, 0.5) is 27.8 Å². The van der Waals surface area contributed by atoms with Crippen molar-refractivity contribution in [2.75, 3.05) is 12.4 Å². The van der Waals surface area contributed by atoms with Crippen molar-refractivity contribution in [3.8, 4) is 11.1 Å². The third-order valence-electron chi connectivity index (χ3n) is 6.00. The average Bonchev–Trinajstić information content (AvgIpc) is 3.35. The van der Waals surface area contributed by atoms with Crippen LogP contribution in [0.2, 0.25) is 0 Å². The number of halogens is 5. The number of aromatic nitrogens is 3. The third-order valence-corrected chi connectivity index (χ3v) is 6.00. The van der Waals surface area contributed by atoms with Crippen LogP contribution in [0, 0.1) is 11.6 Å². The molecule has 1 amide bonds. The van der Waals surface area contributed by atoms with E-state index in [0.717, 1.165) is 30.0 Å². The Kier molecular flexibility index (Phi) is 8.49. The van der Waals surface area contributed by atoms with E-state index in [4.69, 9.17) is 4.74 Å². The first kappa shape index (κ1) is 29.0. The zero-order chi connectivity index (χ0) is 29.7. The molecule has 0 unspecified atom stereocenters. The van der Waals surface area contributed by atoms with Crippen LogP contribution in [0.15, 0.2) is 85.1 Å². The summed E-state index contributed by atoms with van der Waals surface area (Å²) < 4.78 is 74.0. The molecule has 0 aliphatic heterocycles. The lowest BCUT2D eigenvalue weighted by atomic mass is 10.0. The molecule has 41 heavy (non-hydrogen) atoms. The fourth-order valence-electron chi connectivity index (χ4n) is 3.94. The van der Waals surface area contributed by atoms with Gasteiger partial charge in [-0.3, -0.25) is 4.79 Å². The molecule has 11 heteroatoms. The number of carbonyl (C=O) groups excluding carboxylic acids is 1. The number of methoxy groups -OCH3 is 1. The number of rotatable bonds is 8. The van der Waals surface area contributed by atoms with Gasteiger partial charge in [0.1, 0.15) is 23.1 Å². The maximum atomic E-state index is 15.1. The molecular formula is C30H23F5N4O2. The molecule has 4 aromatic rings. The Bertz CT molecular complexity index is 1730. The Balaban J connectivity index is 1.58. The molecule has 0 radical (unpaired) electrons. The van der Waals surface area contributed by atoms with Gasteiger partial charge in [0.05, 0.1) is 24.9 Å². The second kappa shape index (κ2) is 12.0. The zero-order valence-electron chi connectivity index (χ0n) is 21.9. The predicted molar refractivity (Wildman–Crippen MR) is 145 cm³/mol. The molecule has 4 rings (SSSR count). The minimum absolute atomic E-state index is 0.0798. The molecule has 0 saturated heterocycles. The van der Waals surface area contributed by atoms with Crippen molar-refractivity contribution in [2.24, 2.45) is 0 Å². The van der Waals surface area contributed by atoms with Gasteiger partial charge in [0.2, 0.25) is 5.91 Å². The van der Waals surface area contributed by atoms with Crippen LogP contribution in [0.5, 0.6) is 0 Å². The monoisotopic (exact) mass is 566 g/mol. The normalized spacial score (nSPS) is 12.3. The Hall–Kier alpha value is -5.02. The van der Waals surface area contributed by atoms with Crippen molar-refractivity contribution >= 4 is 28.3 Å². The molecule has 0 spiro atoms. The molecule has 0 saturated carbocycles. The van der Waals surface area contributed by atoms with E-state index < -0.39 is 35.7 Å². The summed E-state index contributed by atoms with van der Waals surface area (Å²) in [6.07, 6.45) is 2.22. The van der Waals surface area contributed by atoms with E-state index in [1.54, 1.807) is 44.4 Å². The number of nitrogens with zero attached hydrogens (tertiary/aromatic N) is 2. The van der Waals surface area contributed by atoms with Gasteiger partial charge < -0.3 is 15.0 Å². The molecule has 1 aromatic carbocycles. The number of H-pyrrole nitrogens is 1. The Morgan fingerprint density at radius 2 is 1.93 bits per heavy atom. The first-order valence-electron chi connectivity index (χ1n) is 12.1. The first-order chi connectivity index (χ1) is 19.5. The topological polar surface area (TPSA) is 79.9 Å². The molecule has 3 aromatic heterocycles. The quantitative estimate of drug-likeness (QED) is 0.101. The Morgan fingerprint density at radius 3 is 2.63 bits per heavy atom. The van der Waals surface area contributed by atoms with Crippen LogP contribution in [-0.2, 0) is 22.1 Å². The van der Waals surface area contributed by atoms with E-state index in [9.17, 15) is 22.4 Å². The van der Waals surface area contributed by atoms with Crippen LogP contribution < -0.4 is 5.32 Å². The Labute approximate surface area is 231 Å². The van der Waals surface area contributed by atoms with E-state index in [0.29, 0.717) is 34.1 Å². The number of hydrogen-bond donors (Lipinski definition) is 2. The summed E-state index contributed by atoms with van der Waals surface area (Å²) in [5, 5.41) is 2.81. The lowest BCUT2D eigenvalue weighted by Crippen LogP contribution is -2.17. The van der Waals surface area contributed by atoms with E-state index >= 15 is 4.39 Å². The highest BCUT2D eigenvalue weighted by atomic mass is 19.4. The van der Waals surface area contributed by atoms with Crippen LogP contribution in [0.3, 0.4) is 0 Å². The summed E-state index contributed by atoms with van der Waals surface area (Å²) in [6, 6.07) is 6.65. The van der Waals surface area contributed by atoms with Crippen LogP contribution in [0.1, 0.15) is 23.7 Å². The van der Waals surface area contributed by atoms with Gasteiger partial charge in [-0.1, -0.05) is 6.58 Å². The molecule has 0 aliphatic rings. The highest BCUT2D eigenvalue weighted by Gasteiger charge is 2.31. The number of aromatic amines is 1. The zero-order valence-corrected chi connectivity index (χ0v) is 21.9. The van der Waals surface area contributed by atoms with Gasteiger partial charge >= 0.3 is 6.18 Å². The van der Waals surface area contributed by atoms with Crippen LogP contribution in [-0.4, -0.2) is 28.0 Å². The number of nitrogens with one attached hydrogen (secondary N) is 2. The van der Waals surface area contributed by atoms with Gasteiger partial charge in [-0.25, -0.2) is 18.7 Å². The number of allylic oxidation sites excluding steroid dienone is 5. The van der Waals surface area contributed by atoms with E-state index in [1.165, 1.54) is 6.20 Å². The lowest BCUT2D eigenvalue weighted by molar-refractivity contribution is -0.137. The van der Waals surface area contributed by atoms with Crippen molar-refractivity contribution in [2.45, 2.75) is 19.5 Å². The average molecular weight is 567 g/mol. The molecule has 210 valence electrons. The Morgan fingerprint density at radius 1 is 1.15 bits per heavy atom. The highest BCUT2D eigenvalue weighted by Crippen LogP contribution is 2.31.